The zero-order valence-electron chi connectivity index (χ0n) is 8.91. The molecule has 0 saturated heterocycles. The summed E-state index contributed by atoms with van der Waals surface area (Å²) in [6.07, 6.45) is 0. The summed E-state index contributed by atoms with van der Waals surface area (Å²) in [4.78, 5) is 4.35. The van der Waals surface area contributed by atoms with E-state index >= 15 is 0 Å². The summed E-state index contributed by atoms with van der Waals surface area (Å²) in [5.41, 5.74) is 2.20. The Bertz CT molecular complexity index is 390. The molecule has 0 saturated carbocycles. The van der Waals surface area contributed by atoms with Crippen LogP contribution in [0.3, 0.4) is 0 Å². The third kappa shape index (κ3) is 2.45. The van der Waals surface area contributed by atoms with Crippen LogP contribution in [0.25, 0.3) is 0 Å². The van der Waals surface area contributed by atoms with Gasteiger partial charge in [-0.1, -0.05) is 17.8 Å². The van der Waals surface area contributed by atoms with Gasteiger partial charge in [-0.15, -0.1) is 0 Å². The minimum Gasteiger partial charge on any atom is -0.495 e. The number of aliphatic imine (C=N–C) groups is 1. The van der Waals surface area contributed by atoms with E-state index in [1.165, 1.54) is 5.56 Å². The van der Waals surface area contributed by atoms with E-state index in [0.29, 0.717) is 0 Å². The first kappa shape index (κ1) is 10.4. The molecule has 1 aliphatic heterocycles. The number of amidine groups is 1. The molecule has 1 aliphatic rings. The Labute approximate surface area is 93.9 Å². The second kappa shape index (κ2) is 4.57. The van der Waals surface area contributed by atoms with Crippen LogP contribution in [0.1, 0.15) is 5.56 Å². The molecule has 0 spiro atoms. The highest BCUT2D eigenvalue weighted by Gasteiger charge is 2.10. The SMILES string of the molecule is COc1ccc(C)cc1NC1=NCCS1. The van der Waals surface area contributed by atoms with E-state index in [1.807, 2.05) is 12.1 Å². The van der Waals surface area contributed by atoms with E-state index in [2.05, 4.69) is 23.3 Å². The van der Waals surface area contributed by atoms with Gasteiger partial charge in [-0.2, -0.15) is 0 Å². The van der Waals surface area contributed by atoms with E-state index in [0.717, 1.165) is 28.9 Å². The molecule has 15 heavy (non-hydrogen) atoms. The fraction of sp³-hybridized carbons (Fsp3) is 0.364. The zero-order chi connectivity index (χ0) is 10.7. The number of ether oxygens (including phenoxy) is 1. The van der Waals surface area contributed by atoms with Crippen LogP contribution in [0.2, 0.25) is 0 Å². The highest BCUT2D eigenvalue weighted by atomic mass is 32.2. The average Bonchev–Trinajstić information content (AvgIpc) is 2.71. The van der Waals surface area contributed by atoms with Gasteiger partial charge in [-0.3, -0.25) is 4.99 Å². The summed E-state index contributed by atoms with van der Waals surface area (Å²) in [6, 6.07) is 6.08. The second-order valence-corrected chi connectivity index (χ2v) is 4.45. The van der Waals surface area contributed by atoms with Gasteiger partial charge < -0.3 is 10.1 Å². The fourth-order valence-electron chi connectivity index (χ4n) is 1.45. The Morgan fingerprint density at radius 1 is 1.47 bits per heavy atom. The van der Waals surface area contributed by atoms with Crippen LogP contribution in [0.4, 0.5) is 5.69 Å². The monoisotopic (exact) mass is 222 g/mol. The lowest BCUT2D eigenvalue weighted by atomic mass is 10.2. The Hall–Kier alpha value is -1.16. The molecule has 3 nitrogen and oxygen atoms in total. The number of nitrogens with one attached hydrogen (secondary N) is 1. The van der Waals surface area contributed by atoms with Crippen molar-refractivity contribution >= 4 is 22.6 Å². The predicted molar refractivity (Wildman–Crippen MR) is 66.1 cm³/mol. The van der Waals surface area contributed by atoms with E-state index in [9.17, 15) is 0 Å². The van der Waals surface area contributed by atoms with E-state index in [-0.39, 0.29) is 0 Å². The van der Waals surface area contributed by atoms with Crippen LogP contribution >= 0.6 is 11.8 Å². The molecule has 1 heterocycles. The van der Waals surface area contributed by atoms with Gasteiger partial charge in [0.05, 0.1) is 19.3 Å². The molecule has 1 aromatic carbocycles. The molecule has 1 N–H and O–H groups in total. The molecular formula is C11H14N2OS. The van der Waals surface area contributed by atoms with Gasteiger partial charge in [0.2, 0.25) is 0 Å². The van der Waals surface area contributed by atoms with Crippen LogP contribution in [0.5, 0.6) is 5.75 Å². The molecular weight excluding hydrogens is 208 g/mol. The first-order valence-corrected chi connectivity index (χ1v) is 5.87. The number of anilines is 1. The van der Waals surface area contributed by atoms with E-state index in [1.54, 1.807) is 18.9 Å². The predicted octanol–water partition coefficient (Wildman–Crippen LogP) is 2.52. The maximum atomic E-state index is 5.28. The summed E-state index contributed by atoms with van der Waals surface area (Å²) in [5.74, 6) is 1.92. The lowest BCUT2D eigenvalue weighted by Crippen LogP contribution is -2.06. The van der Waals surface area contributed by atoms with Crippen molar-refractivity contribution in [1.82, 2.24) is 0 Å². The third-order valence-corrected chi connectivity index (χ3v) is 3.07. The van der Waals surface area contributed by atoms with Crippen molar-refractivity contribution in [3.8, 4) is 5.75 Å². The number of thioether (sulfide) groups is 1. The normalized spacial score (nSPS) is 14.9. The molecule has 0 atom stereocenters. The largest absolute Gasteiger partial charge is 0.495 e. The number of methoxy groups -OCH3 is 1. The smallest absolute Gasteiger partial charge is 0.161 e. The topological polar surface area (TPSA) is 33.6 Å². The number of benzene rings is 1. The summed E-state index contributed by atoms with van der Waals surface area (Å²) in [7, 11) is 1.68. The Morgan fingerprint density at radius 2 is 2.33 bits per heavy atom. The zero-order valence-corrected chi connectivity index (χ0v) is 9.73. The van der Waals surface area contributed by atoms with Crippen molar-refractivity contribution < 1.29 is 4.74 Å². The molecule has 4 heteroatoms. The molecule has 2 rings (SSSR count). The van der Waals surface area contributed by atoms with Gasteiger partial charge in [-0.25, -0.2) is 0 Å². The van der Waals surface area contributed by atoms with Gasteiger partial charge in [0.25, 0.3) is 0 Å². The quantitative estimate of drug-likeness (QED) is 0.834. The summed E-state index contributed by atoms with van der Waals surface area (Å²) < 4.78 is 5.28. The van der Waals surface area contributed by atoms with Crippen molar-refractivity contribution in [3.63, 3.8) is 0 Å². The summed E-state index contributed by atoms with van der Waals surface area (Å²) in [5, 5.41) is 4.27. The number of hydrogen-bond donors (Lipinski definition) is 1. The molecule has 0 fully saturated rings. The third-order valence-electron chi connectivity index (χ3n) is 2.18. The van der Waals surface area contributed by atoms with Crippen LogP contribution in [-0.4, -0.2) is 24.6 Å². The molecule has 0 aromatic heterocycles. The molecule has 0 radical (unpaired) electrons. The lowest BCUT2D eigenvalue weighted by Gasteiger charge is -2.11. The minimum absolute atomic E-state index is 0.857. The molecule has 1 aromatic rings. The van der Waals surface area contributed by atoms with Gasteiger partial charge >= 0.3 is 0 Å². The minimum atomic E-state index is 0.857. The van der Waals surface area contributed by atoms with Gasteiger partial charge in [0.1, 0.15) is 5.75 Å². The molecule has 0 unspecified atom stereocenters. The molecule has 80 valence electrons. The van der Waals surface area contributed by atoms with Crippen LogP contribution < -0.4 is 10.1 Å². The molecule has 0 aliphatic carbocycles. The highest BCUT2D eigenvalue weighted by molar-refractivity contribution is 8.14. The van der Waals surface area contributed by atoms with E-state index < -0.39 is 0 Å². The van der Waals surface area contributed by atoms with Crippen molar-refractivity contribution in [3.05, 3.63) is 23.8 Å². The molecule has 0 bridgehead atoms. The Kier molecular flexibility index (Phi) is 3.16. The second-order valence-electron chi connectivity index (χ2n) is 3.36. The maximum Gasteiger partial charge on any atom is 0.161 e. The van der Waals surface area contributed by atoms with E-state index in [4.69, 9.17) is 4.74 Å². The number of hydrogen-bond acceptors (Lipinski definition) is 4. The van der Waals surface area contributed by atoms with Crippen LogP contribution in [0, 0.1) is 6.92 Å². The Morgan fingerprint density at radius 3 is 3.00 bits per heavy atom. The van der Waals surface area contributed by atoms with Crippen molar-refractivity contribution in [2.45, 2.75) is 6.92 Å². The average molecular weight is 222 g/mol. The standard InChI is InChI=1S/C11H14N2OS/c1-8-3-4-10(14-2)9(7-8)13-11-12-5-6-15-11/h3-4,7H,5-6H2,1-2H3,(H,12,13). The van der Waals surface area contributed by atoms with Crippen molar-refractivity contribution in [2.24, 2.45) is 4.99 Å². The maximum absolute atomic E-state index is 5.28. The fourth-order valence-corrected chi connectivity index (χ4v) is 2.19. The summed E-state index contributed by atoms with van der Waals surface area (Å²) >= 11 is 1.75. The first-order chi connectivity index (χ1) is 7.29. The van der Waals surface area contributed by atoms with Crippen LogP contribution in [-0.2, 0) is 0 Å². The first-order valence-electron chi connectivity index (χ1n) is 4.88. The number of aryl methyl sites for hydroxylation is 1. The van der Waals surface area contributed by atoms with Crippen molar-refractivity contribution in [2.75, 3.05) is 24.7 Å². The van der Waals surface area contributed by atoms with Gasteiger partial charge in [-0.05, 0) is 24.6 Å². The molecule has 0 amide bonds. The number of rotatable bonds is 2. The van der Waals surface area contributed by atoms with Crippen LogP contribution in [0.15, 0.2) is 23.2 Å². The highest BCUT2D eigenvalue weighted by Crippen LogP contribution is 2.27. The van der Waals surface area contributed by atoms with Gasteiger partial charge in [0, 0.05) is 5.75 Å². The van der Waals surface area contributed by atoms with Crippen molar-refractivity contribution in [1.29, 1.82) is 0 Å². The van der Waals surface area contributed by atoms with Gasteiger partial charge in [0.15, 0.2) is 5.17 Å². The lowest BCUT2D eigenvalue weighted by molar-refractivity contribution is 0.417. The Balaban J connectivity index is 2.21. The summed E-state index contributed by atoms with van der Waals surface area (Å²) in [6.45, 7) is 2.97. The number of nitrogens with zero attached hydrogens (tertiary/aromatic N) is 1.